The van der Waals surface area contributed by atoms with Crippen LogP contribution < -0.4 is 10.5 Å². The number of anilines is 1. The van der Waals surface area contributed by atoms with Crippen molar-refractivity contribution < 1.29 is 9.72 Å². The van der Waals surface area contributed by atoms with Crippen LogP contribution in [-0.4, -0.2) is 21.9 Å². The minimum atomic E-state index is -0.479. The number of carbonyl (C=O) groups excluding carboxylic acids is 1. The number of hydrogen-bond acceptors (Lipinski definition) is 4. The van der Waals surface area contributed by atoms with E-state index in [1.54, 1.807) is 29.3 Å². The van der Waals surface area contributed by atoms with E-state index in [9.17, 15) is 19.7 Å². The van der Waals surface area contributed by atoms with Gasteiger partial charge in [-0.15, -0.1) is 0 Å². The lowest BCUT2D eigenvalue weighted by Gasteiger charge is -2.23. The summed E-state index contributed by atoms with van der Waals surface area (Å²) in [6.07, 6.45) is 1.57. The Morgan fingerprint density at radius 1 is 1.10 bits per heavy atom. The van der Waals surface area contributed by atoms with E-state index >= 15 is 0 Å². The zero-order valence-electron chi connectivity index (χ0n) is 16.2. The summed E-state index contributed by atoms with van der Waals surface area (Å²) < 4.78 is 1.39. The smallest absolute Gasteiger partial charge is 0.269 e. The van der Waals surface area contributed by atoms with Crippen molar-refractivity contribution in [3.05, 3.63) is 104 Å². The zero-order chi connectivity index (χ0) is 21.0. The summed E-state index contributed by atoms with van der Waals surface area (Å²) in [5.74, 6) is -0.375. The number of rotatable bonds is 6. The molecular weight excluding hydrogens is 370 g/mol. The molecular formula is C22H21N3O4. The van der Waals surface area contributed by atoms with Crippen LogP contribution in [0.2, 0.25) is 0 Å². The lowest BCUT2D eigenvalue weighted by Crippen LogP contribution is -2.37. The van der Waals surface area contributed by atoms with E-state index < -0.39 is 10.5 Å². The first kappa shape index (κ1) is 20.0. The highest BCUT2D eigenvalue weighted by Crippen LogP contribution is 2.21. The van der Waals surface area contributed by atoms with Gasteiger partial charge in [0.05, 0.1) is 11.5 Å². The Morgan fingerprint density at radius 2 is 1.86 bits per heavy atom. The van der Waals surface area contributed by atoms with Crippen molar-refractivity contribution in [3.8, 4) is 0 Å². The standard InChI is InChI=1S/C22H21N3O4/c1-3-24(20-12-5-4-8-16(20)2)22(27)19-11-7-13-23(21(19)26)15-17-9-6-10-18(14-17)25(28)29/h4-14H,3,15H2,1-2H3. The summed E-state index contributed by atoms with van der Waals surface area (Å²) in [4.78, 5) is 38.1. The molecule has 0 aliphatic heterocycles. The molecule has 0 spiro atoms. The van der Waals surface area contributed by atoms with E-state index in [-0.39, 0.29) is 23.7 Å². The van der Waals surface area contributed by atoms with Crippen molar-refractivity contribution >= 4 is 17.3 Å². The molecule has 3 rings (SSSR count). The molecule has 7 heteroatoms. The molecule has 0 atom stereocenters. The lowest BCUT2D eigenvalue weighted by atomic mass is 10.1. The number of nitro groups is 1. The molecule has 1 heterocycles. The van der Waals surface area contributed by atoms with E-state index in [0.717, 1.165) is 11.3 Å². The number of carbonyl (C=O) groups is 1. The molecule has 29 heavy (non-hydrogen) atoms. The molecule has 2 aromatic carbocycles. The molecule has 0 radical (unpaired) electrons. The number of non-ortho nitro benzene ring substituents is 1. The number of aromatic nitrogens is 1. The Bertz CT molecular complexity index is 1120. The normalized spacial score (nSPS) is 10.6. The molecule has 0 N–H and O–H groups in total. The Labute approximate surface area is 168 Å². The van der Waals surface area contributed by atoms with E-state index in [4.69, 9.17) is 0 Å². The predicted octanol–water partition coefficient (Wildman–Crippen LogP) is 3.78. The third kappa shape index (κ3) is 4.24. The van der Waals surface area contributed by atoms with Crippen LogP contribution >= 0.6 is 0 Å². The highest BCUT2D eigenvalue weighted by atomic mass is 16.6. The number of amides is 1. The van der Waals surface area contributed by atoms with Gasteiger partial charge >= 0.3 is 0 Å². The maximum Gasteiger partial charge on any atom is 0.269 e. The predicted molar refractivity (Wildman–Crippen MR) is 111 cm³/mol. The minimum absolute atomic E-state index is 0.0421. The number of aryl methyl sites for hydroxylation is 1. The van der Waals surface area contributed by atoms with Crippen molar-refractivity contribution in [1.29, 1.82) is 0 Å². The van der Waals surface area contributed by atoms with Gasteiger partial charge in [0.2, 0.25) is 0 Å². The molecule has 0 aliphatic carbocycles. The first-order valence-electron chi connectivity index (χ1n) is 9.22. The van der Waals surface area contributed by atoms with Crippen LogP contribution in [0.15, 0.2) is 71.7 Å². The quantitative estimate of drug-likeness (QED) is 0.473. The molecule has 0 unspecified atom stereocenters. The number of benzene rings is 2. The lowest BCUT2D eigenvalue weighted by molar-refractivity contribution is -0.384. The van der Waals surface area contributed by atoms with Crippen molar-refractivity contribution in [2.24, 2.45) is 0 Å². The van der Waals surface area contributed by atoms with Gasteiger partial charge in [-0.2, -0.15) is 0 Å². The highest BCUT2D eigenvalue weighted by Gasteiger charge is 2.21. The van der Waals surface area contributed by atoms with E-state index in [1.165, 1.54) is 22.8 Å². The molecule has 0 saturated carbocycles. The van der Waals surface area contributed by atoms with Crippen molar-refractivity contribution in [2.45, 2.75) is 20.4 Å². The first-order valence-corrected chi connectivity index (χ1v) is 9.22. The molecule has 3 aromatic rings. The molecule has 7 nitrogen and oxygen atoms in total. The second-order valence-electron chi connectivity index (χ2n) is 6.62. The first-order chi connectivity index (χ1) is 13.9. The van der Waals surface area contributed by atoms with Gasteiger partial charge in [-0.3, -0.25) is 19.7 Å². The maximum absolute atomic E-state index is 13.1. The van der Waals surface area contributed by atoms with Crippen LogP contribution in [0.5, 0.6) is 0 Å². The summed E-state index contributed by atoms with van der Waals surface area (Å²) in [6.45, 7) is 4.33. The van der Waals surface area contributed by atoms with Crippen LogP contribution in [-0.2, 0) is 6.54 Å². The molecule has 148 valence electrons. The van der Waals surface area contributed by atoms with Crippen molar-refractivity contribution in [3.63, 3.8) is 0 Å². The van der Waals surface area contributed by atoms with Crippen LogP contribution in [0.3, 0.4) is 0 Å². The fourth-order valence-corrected chi connectivity index (χ4v) is 3.22. The largest absolute Gasteiger partial charge is 0.310 e. The number of hydrogen-bond donors (Lipinski definition) is 0. The summed E-state index contributed by atoms with van der Waals surface area (Å²) in [5.41, 5.74) is 1.89. The molecule has 0 fully saturated rings. The van der Waals surface area contributed by atoms with E-state index in [0.29, 0.717) is 12.1 Å². The summed E-state index contributed by atoms with van der Waals surface area (Å²) in [7, 11) is 0. The molecule has 0 saturated heterocycles. The Hall–Kier alpha value is -3.74. The van der Waals surface area contributed by atoms with Gasteiger partial charge in [-0.05, 0) is 43.2 Å². The summed E-state index contributed by atoms with van der Waals surface area (Å²) in [6, 6.07) is 16.8. The second kappa shape index (κ2) is 8.52. The third-order valence-electron chi connectivity index (χ3n) is 4.69. The number of nitrogens with zero attached hydrogens (tertiary/aromatic N) is 3. The Kier molecular flexibility index (Phi) is 5.87. The van der Waals surface area contributed by atoms with Gasteiger partial charge in [-0.1, -0.05) is 30.3 Å². The van der Waals surface area contributed by atoms with Crippen LogP contribution in [0.25, 0.3) is 0 Å². The fraction of sp³-hybridized carbons (Fsp3) is 0.182. The number of pyridine rings is 1. The highest BCUT2D eigenvalue weighted by molar-refractivity contribution is 6.06. The van der Waals surface area contributed by atoms with Crippen LogP contribution in [0.4, 0.5) is 11.4 Å². The Balaban J connectivity index is 1.95. The SMILES string of the molecule is CCN(C(=O)c1cccn(Cc2cccc([N+](=O)[O-])c2)c1=O)c1ccccc1C. The van der Waals surface area contributed by atoms with Gasteiger partial charge in [0.1, 0.15) is 5.56 Å². The van der Waals surface area contributed by atoms with Crippen molar-refractivity contribution in [2.75, 3.05) is 11.4 Å². The Morgan fingerprint density at radius 3 is 2.55 bits per heavy atom. The van der Waals surface area contributed by atoms with Gasteiger partial charge in [0.15, 0.2) is 0 Å². The van der Waals surface area contributed by atoms with Gasteiger partial charge in [0.25, 0.3) is 17.2 Å². The van der Waals surface area contributed by atoms with Crippen LogP contribution in [0, 0.1) is 17.0 Å². The van der Waals surface area contributed by atoms with Crippen molar-refractivity contribution in [1.82, 2.24) is 4.57 Å². The van der Waals surface area contributed by atoms with Crippen LogP contribution in [0.1, 0.15) is 28.4 Å². The molecule has 0 bridgehead atoms. The third-order valence-corrected chi connectivity index (χ3v) is 4.69. The number of para-hydroxylation sites is 1. The minimum Gasteiger partial charge on any atom is -0.310 e. The average Bonchev–Trinajstić information content (AvgIpc) is 2.71. The summed E-state index contributed by atoms with van der Waals surface area (Å²) in [5, 5.41) is 11.0. The topological polar surface area (TPSA) is 85.4 Å². The summed E-state index contributed by atoms with van der Waals surface area (Å²) >= 11 is 0. The molecule has 1 amide bonds. The maximum atomic E-state index is 13.1. The molecule has 0 aliphatic rings. The zero-order valence-corrected chi connectivity index (χ0v) is 16.2. The average molecular weight is 391 g/mol. The van der Waals surface area contributed by atoms with E-state index in [2.05, 4.69) is 0 Å². The van der Waals surface area contributed by atoms with Gasteiger partial charge in [-0.25, -0.2) is 0 Å². The van der Waals surface area contributed by atoms with E-state index in [1.807, 2.05) is 38.1 Å². The molecule has 1 aromatic heterocycles. The fourth-order valence-electron chi connectivity index (χ4n) is 3.22. The monoisotopic (exact) mass is 391 g/mol. The second-order valence-corrected chi connectivity index (χ2v) is 6.62. The van der Waals surface area contributed by atoms with Gasteiger partial charge in [0, 0.05) is 30.6 Å². The van der Waals surface area contributed by atoms with Gasteiger partial charge < -0.3 is 9.47 Å². The number of nitro benzene ring substituents is 1.